The van der Waals surface area contributed by atoms with Gasteiger partial charge in [-0.3, -0.25) is 0 Å². The second-order valence-corrected chi connectivity index (χ2v) is 7.88. The van der Waals surface area contributed by atoms with E-state index in [1.165, 1.54) is 0 Å². The van der Waals surface area contributed by atoms with Gasteiger partial charge < -0.3 is 15.4 Å². The van der Waals surface area contributed by atoms with E-state index in [0.29, 0.717) is 32.2 Å². The molecule has 1 aromatic carbocycles. The molecule has 0 radical (unpaired) electrons. The summed E-state index contributed by atoms with van der Waals surface area (Å²) >= 11 is 0. The van der Waals surface area contributed by atoms with E-state index in [1.807, 2.05) is 39.0 Å². The number of hydrogen-bond donors (Lipinski definition) is 2. The van der Waals surface area contributed by atoms with Gasteiger partial charge in [0.25, 0.3) is 0 Å². The molecular weight excluding hydrogens is 326 g/mol. The van der Waals surface area contributed by atoms with Crippen molar-refractivity contribution in [3.63, 3.8) is 0 Å². The molecule has 0 fully saturated rings. The number of nitrogens with one attached hydrogen (secondary N) is 2. The molecule has 0 aliphatic carbocycles. The Hall–Kier alpha value is -1.76. The third kappa shape index (κ3) is 7.21. The maximum absolute atomic E-state index is 11.5. The molecule has 136 valence electrons. The van der Waals surface area contributed by atoms with E-state index in [-0.39, 0.29) is 11.5 Å². The van der Waals surface area contributed by atoms with Crippen molar-refractivity contribution in [1.29, 1.82) is 0 Å². The molecule has 0 aliphatic rings. The van der Waals surface area contributed by atoms with Crippen LogP contribution in [0.2, 0.25) is 0 Å². The second-order valence-electron chi connectivity index (χ2n) is 5.40. The van der Waals surface area contributed by atoms with E-state index in [9.17, 15) is 8.42 Å². The van der Waals surface area contributed by atoms with Gasteiger partial charge in [0.05, 0.1) is 18.9 Å². The molecule has 0 aromatic heterocycles. The molecule has 1 aromatic rings. The maximum atomic E-state index is 11.5. The van der Waals surface area contributed by atoms with Crippen LogP contribution in [-0.4, -0.2) is 45.6 Å². The molecule has 1 rings (SSSR count). The predicted octanol–water partition coefficient (Wildman–Crippen LogP) is 1.88. The first-order chi connectivity index (χ1) is 11.4. The predicted molar refractivity (Wildman–Crippen MR) is 99.5 cm³/mol. The highest BCUT2D eigenvalue weighted by Crippen LogP contribution is 2.21. The van der Waals surface area contributed by atoms with Crippen LogP contribution in [0, 0.1) is 6.92 Å². The summed E-state index contributed by atoms with van der Waals surface area (Å²) < 4.78 is 28.8. The fraction of sp³-hybridized carbons (Fsp3) is 0.588. The number of rotatable bonds is 9. The Morgan fingerprint density at radius 1 is 1.21 bits per heavy atom. The van der Waals surface area contributed by atoms with Gasteiger partial charge in [0.1, 0.15) is 5.75 Å². The van der Waals surface area contributed by atoms with Gasteiger partial charge in [-0.15, -0.1) is 0 Å². The molecule has 0 spiro atoms. The lowest BCUT2D eigenvalue weighted by atomic mass is 10.1. The van der Waals surface area contributed by atoms with Crippen LogP contribution in [0.25, 0.3) is 0 Å². The van der Waals surface area contributed by atoms with E-state index in [2.05, 4.69) is 15.6 Å². The highest BCUT2D eigenvalue weighted by Gasteiger charge is 2.08. The molecule has 0 saturated heterocycles. The first-order valence-electron chi connectivity index (χ1n) is 8.36. The van der Waals surface area contributed by atoms with Gasteiger partial charge in [0.2, 0.25) is 0 Å². The van der Waals surface area contributed by atoms with Gasteiger partial charge in [-0.2, -0.15) is 0 Å². The van der Waals surface area contributed by atoms with Gasteiger partial charge in [0.15, 0.2) is 15.8 Å². The summed E-state index contributed by atoms with van der Waals surface area (Å²) in [5, 5.41) is 6.19. The third-order valence-electron chi connectivity index (χ3n) is 3.42. The van der Waals surface area contributed by atoms with Crippen molar-refractivity contribution in [3.8, 4) is 5.75 Å². The Labute approximate surface area is 145 Å². The zero-order valence-corrected chi connectivity index (χ0v) is 15.9. The Balaban J connectivity index is 2.75. The van der Waals surface area contributed by atoms with Crippen LogP contribution in [0.4, 0.5) is 0 Å². The molecule has 0 heterocycles. The van der Waals surface area contributed by atoms with Crippen LogP contribution in [0.15, 0.2) is 23.2 Å². The van der Waals surface area contributed by atoms with Crippen LogP contribution >= 0.6 is 0 Å². The van der Waals surface area contributed by atoms with E-state index < -0.39 is 9.84 Å². The van der Waals surface area contributed by atoms with Crippen LogP contribution < -0.4 is 15.4 Å². The lowest BCUT2D eigenvalue weighted by molar-refractivity contribution is 0.336. The monoisotopic (exact) mass is 355 g/mol. The van der Waals surface area contributed by atoms with Crippen molar-refractivity contribution in [2.75, 3.05) is 31.2 Å². The van der Waals surface area contributed by atoms with Crippen molar-refractivity contribution >= 4 is 15.8 Å². The molecule has 6 nitrogen and oxygen atoms in total. The fourth-order valence-electron chi connectivity index (χ4n) is 2.06. The van der Waals surface area contributed by atoms with E-state index in [4.69, 9.17) is 4.74 Å². The van der Waals surface area contributed by atoms with Gasteiger partial charge >= 0.3 is 0 Å². The number of aliphatic imine (C=N–C) groups is 1. The van der Waals surface area contributed by atoms with Crippen molar-refractivity contribution in [1.82, 2.24) is 10.6 Å². The van der Waals surface area contributed by atoms with Gasteiger partial charge in [-0.05, 0) is 32.4 Å². The summed E-state index contributed by atoms with van der Waals surface area (Å²) in [7, 11) is -2.98. The van der Waals surface area contributed by atoms with Crippen molar-refractivity contribution < 1.29 is 13.2 Å². The molecule has 0 saturated carbocycles. The zero-order chi connectivity index (χ0) is 18.0. The topological polar surface area (TPSA) is 79.8 Å². The summed E-state index contributed by atoms with van der Waals surface area (Å²) in [6, 6.07) is 6.04. The summed E-state index contributed by atoms with van der Waals surface area (Å²) in [5.41, 5.74) is 2.14. The minimum absolute atomic E-state index is 0.0998. The van der Waals surface area contributed by atoms with Gasteiger partial charge in [-0.1, -0.05) is 19.1 Å². The molecule has 7 heteroatoms. The summed E-state index contributed by atoms with van der Waals surface area (Å²) in [4.78, 5) is 4.52. The Morgan fingerprint density at radius 3 is 2.58 bits per heavy atom. The van der Waals surface area contributed by atoms with Crippen molar-refractivity contribution in [2.24, 2.45) is 4.99 Å². The van der Waals surface area contributed by atoms with E-state index in [0.717, 1.165) is 16.9 Å². The fourth-order valence-corrected chi connectivity index (χ4v) is 2.76. The standard InChI is InChI=1S/C17H29N3O3S/c1-5-18-17(19-10-11-24(21,22)7-3)20-13-15-9-8-14(4)12-16(15)23-6-2/h8-9,12H,5-7,10-11,13H2,1-4H3,(H2,18,19,20). The number of ether oxygens (including phenoxy) is 1. The number of sulfone groups is 1. The normalized spacial score (nSPS) is 12.1. The molecule has 24 heavy (non-hydrogen) atoms. The first-order valence-corrected chi connectivity index (χ1v) is 10.2. The Kier molecular flexibility index (Phi) is 8.60. The second kappa shape index (κ2) is 10.2. The SMILES string of the molecule is CCNC(=NCc1ccc(C)cc1OCC)NCCS(=O)(=O)CC. The molecule has 0 amide bonds. The Bertz CT molecular complexity index is 642. The number of benzene rings is 1. The van der Waals surface area contributed by atoms with E-state index in [1.54, 1.807) is 6.92 Å². The molecule has 0 bridgehead atoms. The summed E-state index contributed by atoms with van der Waals surface area (Å²) in [5.74, 6) is 1.70. The van der Waals surface area contributed by atoms with E-state index >= 15 is 0 Å². The average Bonchev–Trinajstić information content (AvgIpc) is 2.54. The first kappa shape index (κ1) is 20.3. The maximum Gasteiger partial charge on any atom is 0.191 e. The number of aryl methyl sites for hydroxylation is 1. The average molecular weight is 356 g/mol. The lowest BCUT2D eigenvalue weighted by Crippen LogP contribution is -2.39. The van der Waals surface area contributed by atoms with Crippen molar-refractivity contribution in [3.05, 3.63) is 29.3 Å². The molecular formula is C17H29N3O3S. The zero-order valence-electron chi connectivity index (χ0n) is 15.1. The van der Waals surface area contributed by atoms with Crippen molar-refractivity contribution in [2.45, 2.75) is 34.2 Å². The molecule has 0 atom stereocenters. The van der Waals surface area contributed by atoms with Crippen LogP contribution in [0.3, 0.4) is 0 Å². The summed E-state index contributed by atoms with van der Waals surface area (Å²) in [6.07, 6.45) is 0. The molecule has 2 N–H and O–H groups in total. The molecule has 0 aliphatic heterocycles. The van der Waals surface area contributed by atoms with Gasteiger partial charge in [-0.25, -0.2) is 13.4 Å². The minimum Gasteiger partial charge on any atom is -0.494 e. The highest BCUT2D eigenvalue weighted by atomic mass is 32.2. The minimum atomic E-state index is -2.98. The number of hydrogen-bond acceptors (Lipinski definition) is 4. The van der Waals surface area contributed by atoms with Crippen LogP contribution in [-0.2, 0) is 16.4 Å². The number of nitrogens with zero attached hydrogens (tertiary/aromatic N) is 1. The summed E-state index contributed by atoms with van der Waals surface area (Å²) in [6.45, 7) is 9.72. The smallest absolute Gasteiger partial charge is 0.191 e. The number of guanidine groups is 1. The third-order valence-corrected chi connectivity index (χ3v) is 5.13. The Morgan fingerprint density at radius 2 is 1.96 bits per heavy atom. The van der Waals surface area contributed by atoms with Crippen LogP contribution in [0.5, 0.6) is 5.75 Å². The van der Waals surface area contributed by atoms with Gasteiger partial charge in [0, 0.05) is 24.4 Å². The molecule has 0 unspecified atom stereocenters. The lowest BCUT2D eigenvalue weighted by Gasteiger charge is -2.13. The quantitative estimate of drug-likeness (QED) is 0.522. The highest BCUT2D eigenvalue weighted by molar-refractivity contribution is 7.91. The largest absolute Gasteiger partial charge is 0.494 e. The van der Waals surface area contributed by atoms with Crippen LogP contribution in [0.1, 0.15) is 31.9 Å².